The normalized spacial score (nSPS) is 25.7. The van der Waals surface area contributed by atoms with Gasteiger partial charge in [-0.2, -0.15) is 0 Å². The molecule has 1 fully saturated rings. The number of anilines is 1. The third-order valence-corrected chi connectivity index (χ3v) is 7.35. The molecule has 0 saturated carbocycles. The minimum absolute atomic E-state index is 0.186. The second kappa shape index (κ2) is 11.0. The number of amides is 1. The SMILES string of the molecule is CC/C1=C(NCC2CCNCC2)/N=C(Nc2cccc(S(C)(=O)=O)c2)\C(C(N)=O)=C\CC1C. The van der Waals surface area contributed by atoms with Crippen LogP contribution in [0, 0.1) is 11.8 Å². The van der Waals surface area contributed by atoms with Crippen molar-refractivity contribution in [1.82, 2.24) is 10.6 Å². The Balaban J connectivity index is 1.99. The third-order valence-electron chi connectivity index (χ3n) is 6.24. The minimum atomic E-state index is -3.37. The Morgan fingerprint density at radius 3 is 2.64 bits per heavy atom. The number of nitrogens with two attached hydrogens (primary N) is 1. The fourth-order valence-corrected chi connectivity index (χ4v) is 4.93. The van der Waals surface area contributed by atoms with Crippen molar-refractivity contribution >= 4 is 27.3 Å². The van der Waals surface area contributed by atoms with Gasteiger partial charge in [-0.05, 0) is 74.4 Å². The van der Waals surface area contributed by atoms with Crippen LogP contribution >= 0.6 is 0 Å². The van der Waals surface area contributed by atoms with Crippen molar-refractivity contribution in [2.24, 2.45) is 22.6 Å². The van der Waals surface area contributed by atoms with Crippen molar-refractivity contribution in [3.63, 3.8) is 0 Å². The van der Waals surface area contributed by atoms with E-state index in [1.807, 2.05) is 6.08 Å². The molecule has 2 aliphatic heterocycles. The van der Waals surface area contributed by atoms with E-state index in [0.29, 0.717) is 29.4 Å². The number of rotatable bonds is 7. The largest absolute Gasteiger partial charge is 0.370 e. The van der Waals surface area contributed by atoms with Crippen LogP contribution in [-0.2, 0) is 14.6 Å². The fourth-order valence-electron chi connectivity index (χ4n) is 4.26. The number of carbonyl (C=O) groups excluding carboxylic acids is 1. The Morgan fingerprint density at radius 2 is 2.00 bits per heavy atom. The van der Waals surface area contributed by atoms with Crippen molar-refractivity contribution in [3.8, 4) is 0 Å². The maximum atomic E-state index is 12.3. The van der Waals surface area contributed by atoms with E-state index in [1.54, 1.807) is 12.1 Å². The maximum absolute atomic E-state index is 12.3. The number of amidine groups is 1. The lowest BCUT2D eigenvalue weighted by Crippen LogP contribution is -2.34. The first-order valence-electron chi connectivity index (χ1n) is 11.5. The first-order valence-corrected chi connectivity index (χ1v) is 13.4. The van der Waals surface area contributed by atoms with Crippen LogP contribution in [0.1, 0.15) is 39.5 Å². The Bertz CT molecular complexity index is 1070. The number of nitrogens with one attached hydrogen (secondary N) is 3. The summed E-state index contributed by atoms with van der Waals surface area (Å²) in [7, 11) is -3.37. The summed E-state index contributed by atoms with van der Waals surface area (Å²) < 4.78 is 24.0. The molecule has 1 aromatic carbocycles. The predicted octanol–water partition coefficient (Wildman–Crippen LogP) is 2.56. The summed E-state index contributed by atoms with van der Waals surface area (Å²) in [6.07, 6.45) is 6.68. The zero-order valence-electron chi connectivity index (χ0n) is 19.6. The van der Waals surface area contributed by atoms with E-state index in [2.05, 4.69) is 29.8 Å². The van der Waals surface area contributed by atoms with Gasteiger partial charge >= 0.3 is 0 Å². The molecule has 1 aromatic rings. The average Bonchev–Trinajstić information content (AvgIpc) is 2.77. The second-order valence-corrected chi connectivity index (χ2v) is 10.8. The van der Waals surface area contributed by atoms with E-state index in [4.69, 9.17) is 10.7 Å². The fraction of sp³-hybridized carbons (Fsp3) is 0.500. The van der Waals surface area contributed by atoms with Gasteiger partial charge in [0.2, 0.25) is 0 Å². The highest BCUT2D eigenvalue weighted by molar-refractivity contribution is 7.90. The Hall–Kier alpha value is -2.65. The van der Waals surface area contributed by atoms with Crippen molar-refractivity contribution < 1.29 is 13.2 Å². The molecular weight excluding hydrogens is 438 g/mol. The summed E-state index contributed by atoms with van der Waals surface area (Å²) in [6.45, 7) is 7.08. The molecule has 5 N–H and O–H groups in total. The van der Waals surface area contributed by atoms with Crippen LogP contribution in [0.15, 0.2) is 57.2 Å². The zero-order valence-corrected chi connectivity index (χ0v) is 20.5. The lowest BCUT2D eigenvalue weighted by Gasteiger charge is -2.26. The van der Waals surface area contributed by atoms with Gasteiger partial charge in [0.1, 0.15) is 11.7 Å². The van der Waals surface area contributed by atoms with Gasteiger partial charge < -0.3 is 21.7 Å². The summed E-state index contributed by atoms with van der Waals surface area (Å²) in [6, 6.07) is 6.46. The number of carbonyl (C=O) groups is 1. The molecule has 9 heteroatoms. The van der Waals surface area contributed by atoms with E-state index in [9.17, 15) is 13.2 Å². The quantitative estimate of drug-likeness (QED) is 0.482. The van der Waals surface area contributed by atoms with Crippen LogP contribution < -0.4 is 21.7 Å². The molecule has 1 amide bonds. The Morgan fingerprint density at radius 1 is 1.27 bits per heavy atom. The van der Waals surface area contributed by atoms with Gasteiger partial charge in [0, 0.05) is 18.5 Å². The smallest absolute Gasteiger partial charge is 0.252 e. The van der Waals surface area contributed by atoms with Gasteiger partial charge in [-0.3, -0.25) is 4.79 Å². The molecule has 0 aliphatic carbocycles. The van der Waals surface area contributed by atoms with Crippen LogP contribution in [0.25, 0.3) is 0 Å². The lowest BCUT2D eigenvalue weighted by molar-refractivity contribution is -0.114. The minimum Gasteiger partial charge on any atom is -0.370 e. The summed E-state index contributed by atoms with van der Waals surface area (Å²) in [5, 5.41) is 10.1. The van der Waals surface area contributed by atoms with Gasteiger partial charge in [0.25, 0.3) is 5.91 Å². The molecule has 2 heterocycles. The lowest BCUT2D eigenvalue weighted by atomic mass is 9.92. The van der Waals surface area contributed by atoms with E-state index in [-0.39, 0.29) is 10.8 Å². The molecule has 8 nitrogen and oxygen atoms in total. The van der Waals surface area contributed by atoms with Crippen molar-refractivity contribution in [2.45, 2.75) is 44.4 Å². The zero-order chi connectivity index (χ0) is 24.0. The van der Waals surface area contributed by atoms with Gasteiger partial charge in [-0.1, -0.05) is 26.0 Å². The van der Waals surface area contributed by atoms with E-state index < -0.39 is 15.7 Å². The Kier molecular flexibility index (Phi) is 8.31. The predicted molar refractivity (Wildman–Crippen MR) is 133 cm³/mol. The van der Waals surface area contributed by atoms with Gasteiger partial charge in [0.05, 0.1) is 10.5 Å². The topological polar surface area (TPSA) is 126 Å². The highest BCUT2D eigenvalue weighted by Gasteiger charge is 2.22. The second-order valence-electron chi connectivity index (χ2n) is 8.81. The highest BCUT2D eigenvalue weighted by Crippen LogP contribution is 2.27. The number of hydrogen-bond donors (Lipinski definition) is 4. The highest BCUT2D eigenvalue weighted by atomic mass is 32.2. The first kappa shape index (κ1) is 25.0. The van der Waals surface area contributed by atoms with Crippen molar-refractivity contribution in [2.75, 3.05) is 31.2 Å². The molecule has 180 valence electrons. The molecule has 0 spiro atoms. The summed E-state index contributed by atoms with van der Waals surface area (Å²) in [5.41, 5.74) is 7.72. The number of allylic oxidation sites excluding steroid dienone is 2. The van der Waals surface area contributed by atoms with Gasteiger partial charge in [-0.15, -0.1) is 0 Å². The van der Waals surface area contributed by atoms with Crippen LogP contribution in [0.5, 0.6) is 0 Å². The number of aliphatic imine (C=N–C) groups is 1. The van der Waals surface area contributed by atoms with Crippen molar-refractivity contribution in [1.29, 1.82) is 0 Å². The van der Waals surface area contributed by atoms with Crippen LogP contribution in [-0.4, -0.2) is 46.1 Å². The molecule has 0 bridgehead atoms. The standard InChI is InChI=1S/C24H35N5O3S/c1-4-20-16(2)8-9-21(22(25)30)24(28-18-6-5-7-19(14-18)33(3,31)32)29-23(20)27-15-17-10-12-26-13-11-17/h5-7,9,14,16-17,26-27H,4,8,10-13,15H2,1-3H3,(H2,25,30)(H,28,29)/b21-9+,23-20-. The molecule has 1 unspecified atom stereocenters. The number of piperidine rings is 1. The van der Waals surface area contributed by atoms with Crippen molar-refractivity contribution in [3.05, 3.63) is 47.3 Å². The van der Waals surface area contributed by atoms with Crippen LogP contribution in [0.2, 0.25) is 0 Å². The summed E-state index contributed by atoms with van der Waals surface area (Å²) in [4.78, 5) is 17.3. The Labute approximate surface area is 196 Å². The van der Waals surface area contributed by atoms with E-state index in [0.717, 1.165) is 51.0 Å². The van der Waals surface area contributed by atoms with E-state index >= 15 is 0 Å². The number of hydrogen-bond acceptors (Lipinski definition) is 7. The summed E-state index contributed by atoms with van der Waals surface area (Å²) in [5.74, 6) is 1.27. The molecule has 0 radical (unpaired) electrons. The number of primary amides is 1. The summed E-state index contributed by atoms with van der Waals surface area (Å²) >= 11 is 0. The van der Waals surface area contributed by atoms with Gasteiger partial charge in [-0.25, -0.2) is 13.4 Å². The first-order chi connectivity index (χ1) is 15.7. The van der Waals surface area contributed by atoms with Crippen LogP contribution in [0.4, 0.5) is 5.69 Å². The maximum Gasteiger partial charge on any atom is 0.252 e. The van der Waals surface area contributed by atoms with Gasteiger partial charge in [0.15, 0.2) is 9.84 Å². The molecular formula is C24H35N5O3S. The third kappa shape index (κ3) is 6.68. The molecule has 3 rings (SSSR count). The number of benzene rings is 1. The molecule has 1 saturated heterocycles. The average molecular weight is 474 g/mol. The number of nitrogens with zero attached hydrogens (tertiary/aromatic N) is 1. The molecule has 33 heavy (non-hydrogen) atoms. The molecule has 0 aromatic heterocycles. The van der Waals surface area contributed by atoms with E-state index in [1.165, 1.54) is 17.7 Å². The molecule has 1 atom stereocenters. The number of sulfone groups is 1. The van der Waals surface area contributed by atoms with Crippen LogP contribution in [0.3, 0.4) is 0 Å². The molecule has 2 aliphatic rings. The monoisotopic (exact) mass is 473 g/mol.